The smallest absolute Gasteiger partial charge is 0.331 e. The van der Waals surface area contributed by atoms with Crippen molar-refractivity contribution >= 4 is 5.97 Å². The van der Waals surface area contributed by atoms with E-state index in [1.807, 2.05) is 6.07 Å². The number of ether oxygens (including phenoxy) is 2. The molecule has 0 aromatic heterocycles. The molecule has 1 rings (SSSR count). The lowest BCUT2D eigenvalue weighted by Crippen LogP contribution is -2.35. The molecular formula is C15H16FNO3. The molecule has 1 aromatic rings. The second kappa shape index (κ2) is 6.71. The number of rotatable bonds is 5. The predicted molar refractivity (Wildman–Crippen MR) is 71.7 cm³/mol. The van der Waals surface area contributed by atoms with Gasteiger partial charge in [-0.15, -0.1) is 0 Å². The van der Waals surface area contributed by atoms with Crippen LogP contribution in [-0.4, -0.2) is 20.2 Å². The van der Waals surface area contributed by atoms with Crippen LogP contribution in [0.3, 0.4) is 0 Å². The van der Waals surface area contributed by atoms with Crippen molar-refractivity contribution in [2.45, 2.75) is 18.8 Å². The van der Waals surface area contributed by atoms with Gasteiger partial charge in [0, 0.05) is 6.07 Å². The molecule has 0 N–H and O–H groups in total. The van der Waals surface area contributed by atoms with Gasteiger partial charge in [0.1, 0.15) is 11.6 Å². The monoisotopic (exact) mass is 277 g/mol. The van der Waals surface area contributed by atoms with Crippen LogP contribution in [0.2, 0.25) is 0 Å². The van der Waals surface area contributed by atoms with Gasteiger partial charge in [0.05, 0.1) is 20.3 Å². The first-order chi connectivity index (χ1) is 9.53. The number of benzene rings is 1. The normalized spacial score (nSPS) is 13.6. The molecule has 5 heteroatoms. The molecule has 0 aliphatic rings. The summed E-state index contributed by atoms with van der Waals surface area (Å²) >= 11 is 0. The van der Waals surface area contributed by atoms with E-state index >= 15 is 0 Å². The van der Waals surface area contributed by atoms with E-state index < -0.39 is 17.2 Å². The minimum absolute atomic E-state index is 0.0965. The molecule has 20 heavy (non-hydrogen) atoms. The fraction of sp³-hybridized carbons (Fsp3) is 0.333. The van der Waals surface area contributed by atoms with Crippen molar-refractivity contribution in [3.63, 3.8) is 0 Å². The number of methoxy groups -OCH3 is 2. The molecule has 0 fully saturated rings. The molecule has 4 nitrogen and oxygen atoms in total. The third kappa shape index (κ3) is 2.97. The highest BCUT2D eigenvalue weighted by Gasteiger charge is 2.41. The Morgan fingerprint density at radius 3 is 2.65 bits per heavy atom. The van der Waals surface area contributed by atoms with Crippen LogP contribution in [0.25, 0.3) is 0 Å². The fourth-order valence-corrected chi connectivity index (χ4v) is 1.87. The fourth-order valence-electron chi connectivity index (χ4n) is 1.87. The quantitative estimate of drug-likeness (QED) is 0.613. The Morgan fingerprint density at radius 1 is 1.45 bits per heavy atom. The molecule has 0 saturated heterocycles. The number of carbonyl (C=O) groups excluding carboxylic acids is 1. The van der Waals surface area contributed by atoms with Crippen molar-refractivity contribution in [1.82, 2.24) is 0 Å². The second-order valence-electron chi connectivity index (χ2n) is 4.16. The molecule has 0 spiro atoms. The summed E-state index contributed by atoms with van der Waals surface area (Å²) in [6.45, 7) is 1.77. The average molecular weight is 277 g/mol. The molecule has 0 bridgehead atoms. The Bertz CT molecular complexity index is 563. The Kier molecular flexibility index (Phi) is 5.27. The van der Waals surface area contributed by atoms with E-state index in [2.05, 4.69) is 0 Å². The average Bonchev–Trinajstić information content (AvgIpc) is 2.47. The van der Waals surface area contributed by atoms with Crippen molar-refractivity contribution in [3.05, 3.63) is 41.7 Å². The number of nitrogens with zero attached hydrogens (tertiary/aromatic N) is 1. The first-order valence-corrected chi connectivity index (χ1v) is 6.00. The van der Waals surface area contributed by atoms with Crippen LogP contribution in [0, 0.1) is 17.1 Å². The highest BCUT2D eigenvalue weighted by atomic mass is 19.1. The van der Waals surface area contributed by atoms with Crippen LogP contribution >= 0.6 is 0 Å². The standard InChI is InChI=1S/C15H16FNO3/c1-4-5-6-15(10-17,14(18)20-3)11-7-12(16)9-13(8-11)19-2/h4-5,7-9H,6H2,1-3H3. The van der Waals surface area contributed by atoms with Crippen molar-refractivity contribution in [3.8, 4) is 11.8 Å². The zero-order valence-electron chi connectivity index (χ0n) is 11.6. The number of carbonyl (C=O) groups is 1. The maximum atomic E-state index is 13.6. The van der Waals surface area contributed by atoms with Crippen molar-refractivity contribution in [2.75, 3.05) is 14.2 Å². The lowest BCUT2D eigenvalue weighted by Gasteiger charge is -2.23. The third-order valence-corrected chi connectivity index (χ3v) is 2.98. The summed E-state index contributed by atoms with van der Waals surface area (Å²) < 4.78 is 23.3. The topological polar surface area (TPSA) is 59.3 Å². The van der Waals surface area contributed by atoms with E-state index in [9.17, 15) is 14.4 Å². The minimum Gasteiger partial charge on any atom is -0.497 e. The summed E-state index contributed by atoms with van der Waals surface area (Å²) in [5, 5.41) is 9.46. The zero-order chi connectivity index (χ0) is 15.2. The summed E-state index contributed by atoms with van der Waals surface area (Å²) in [5.74, 6) is -1.07. The number of nitriles is 1. The van der Waals surface area contributed by atoms with Gasteiger partial charge in [-0.25, -0.2) is 9.18 Å². The SMILES string of the molecule is CC=CCC(C#N)(C(=O)OC)c1cc(F)cc(OC)c1. The number of halogens is 1. The Balaban J connectivity index is 3.47. The van der Waals surface area contributed by atoms with Gasteiger partial charge in [-0.1, -0.05) is 12.2 Å². The van der Waals surface area contributed by atoms with Crippen LogP contribution in [0.4, 0.5) is 4.39 Å². The van der Waals surface area contributed by atoms with Gasteiger partial charge in [0.15, 0.2) is 5.41 Å². The number of hydrogen-bond acceptors (Lipinski definition) is 4. The summed E-state index contributed by atoms with van der Waals surface area (Å²) in [5.41, 5.74) is -1.38. The third-order valence-electron chi connectivity index (χ3n) is 2.98. The van der Waals surface area contributed by atoms with Crippen molar-refractivity contribution in [2.24, 2.45) is 0 Å². The molecule has 1 unspecified atom stereocenters. The summed E-state index contributed by atoms with van der Waals surface area (Å²) in [6.07, 6.45) is 3.47. The Labute approximate surface area is 117 Å². The van der Waals surface area contributed by atoms with Crippen molar-refractivity contribution < 1.29 is 18.7 Å². The molecule has 0 amide bonds. The summed E-state index contributed by atoms with van der Waals surface area (Å²) in [7, 11) is 2.58. The highest BCUT2D eigenvalue weighted by Crippen LogP contribution is 2.32. The van der Waals surface area contributed by atoms with Crippen LogP contribution in [0.5, 0.6) is 5.75 Å². The Hall–Kier alpha value is -2.35. The number of hydrogen-bond donors (Lipinski definition) is 0. The van der Waals surface area contributed by atoms with Gasteiger partial charge < -0.3 is 9.47 Å². The van der Waals surface area contributed by atoms with E-state index in [0.29, 0.717) is 0 Å². The van der Waals surface area contributed by atoms with Crippen LogP contribution in [0.15, 0.2) is 30.4 Å². The van der Waals surface area contributed by atoms with Crippen LogP contribution in [0.1, 0.15) is 18.9 Å². The maximum Gasteiger partial charge on any atom is 0.331 e. The molecule has 106 valence electrons. The molecule has 0 saturated carbocycles. The van der Waals surface area contributed by atoms with Gasteiger partial charge in [0.2, 0.25) is 0 Å². The maximum absolute atomic E-state index is 13.6. The second-order valence-corrected chi connectivity index (χ2v) is 4.16. The molecular weight excluding hydrogens is 261 g/mol. The highest BCUT2D eigenvalue weighted by molar-refractivity contribution is 5.87. The van der Waals surface area contributed by atoms with E-state index in [1.54, 1.807) is 19.1 Å². The van der Waals surface area contributed by atoms with Gasteiger partial charge in [-0.05, 0) is 31.0 Å². The first kappa shape index (κ1) is 15.7. The van der Waals surface area contributed by atoms with Crippen LogP contribution in [-0.2, 0) is 14.9 Å². The van der Waals surface area contributed by atoms with Gasteiger partial charge in [-0.3, -0.25) is 0 Å². The molecule has 0 aliphatic carbocycles. The van der Waals surface area contributed by atoms with E-state index in [-0.39, 0.29) is 17.7 Å². The van der Waals surface area contributed by atoms with Gasteiger partial charge in [0.25, 0.3) is 0 Å². The summed E-state index contributed by atoms with van der Waals surface area (Å²) in [6, 6.07) is 5.74. The molecule has 0 heterocycles. The first-order valence-electron chi connectivity index (χ1n) is 6.00. The molecule has 1 aromatic carbocycles. The van der Waals surface area contributed by atoms with Crippen LogP contribution < -0.4 is 4.74 Å². The minimum atomic E-state index is -1.59. The van der Waals surface area contributed by atoms with Gasteiger partial charge >= 0.3 is 5.97 Å². The van der Waals surface area contributed by atoms with Gasteiger partial charge in [-0.2, -0.15) is 5.26 Å². The largest absolute Gasteiger partial charge is 0.497 e. The lowest BCUT2D eigenvalue weighted by molar-refractivity contribution is -0.145. The molecule has 1 atom stereocenters. The van der Waals surface area contributed by atoms with E-state index in [1.165, 1.54) is 26.4 Å². The Morgan fingerprint density at radius 2 is 2.15 bits per heavy atom. The lowest BCUT2D eigenvalue weighted by atomic mass is 9.78. The summed E-state index contributed by atoms with van der Waals surface area (Å²) in [4.78, 5) is 12.0. The molecule has 0 aliphatic heterocycles. The predicted octanol–water partition coefficient (Wildman–Crippen LogP) is 2.73. The van der Waals surface area contributed by atoms with E-state index in [0.717, 1.165) is 6.07 Å². The van der Waals surface area contributed by atoms with E-state index in [4.69, 9.17) is 9.47 Å². The number of allylic oxidation sites excluding steroid dienone is 2. The van der Waals surface area contributed by atoms with Crippen molar-refractivity contribution in [1.29, 1.82) is 5.26 Å². The zero-order valence-corrected chi connectivity index (χ0v) is 11.6. The number of esters is 1. The molecule has 0 radical (unpaired) electrons.